The normalized spacial score (nSPS) is 10.4. The lowest BCUT2D eigenvalue weighted by atomic mass is 10.1. The molecule has 0 N–H and O–H groups in total. The van der Waals surface area contributed by atoms with E-state index in [1.807, 2.05) is 0 Å². The highest BCUT2D eigenvalue weighted by Gasteiger charge is 1.98. The third-order valence-electron chi connectivity index (χ3n) is 2.05. The van der Waals surface area contributed by atoms with Crippen molar-refractivity contribution in [2.24, 2.45) is 0 Å². The molecule has 0 spiro atoms. The predicted octanol–water partition coefficient (Wildman–Crippen LogP) is 2.40. The van der Waals surface area contributed by atoms with Crippen LogP contribution in [0.15, 0.2) is 35.3 Å². The van der Waals surface area contributed by atoms with Crippen molar-refractivity contribution in [2.45, 2.75) is 13.5 Å². The van der Waals surface area contributed by atoms with Gasteiger partial charge in [-0.15, -0.1) is 0 Å². The molecule has 2 aromatic rings. The van der Waals surface area contributed by atoms with Gasteiger partial charge in [0.15, 0.2) is 0 Å². The molecule has 0 aliphatic carbocycles. The van der Waals surface area contributed by atoms with Gasteiger partial charge in [-0.05, 0) is 24.1 Å². The van der Waals surface area contributed by atoms with Gasteiger partial charge in [0.25, 0.3) is 0 Å². The van der Waals surface area contributed by atoms with Crippen molar-refractivity contribution in [2.75, 3.05) is 0 Å². The first-order valence-electron chi connectivity index (χ1n) is 4.33. The summed E-state index contributed by atoms with van der Waals surface area (Å²) in [6.45, 7) is 2.84. The summed E-state index contributed by atoms with van der Waals surface area (Å²) in [7, 11) is 0. The summed E-state index contributed by atoms with van der Waals surface area (Å²) in [5.41, 5.74) is 2.46. The van der Waals surface area contributed by atoms with Gasteiger partial charge in [-0.25, -0.2) is 9.67 Å². The molecule has 0 atom stereocenters. The lowest BCUT2D eigenvalue weighted by Crippen LogP contribution is -1.99. The van der Waals surface area contributed by atoms with E-state index in [2.05, 4.69) is 51.1 Å². The van der Waals surface area contributed by atoms with E-state index in [-0.39, 0.29) is 0 Å². The van der Waals surface area contributed by atoms with Gasteiger partial charge < -0.3 is 0 Å². The second-order valence-corrected chi connectivity index (χ2v) is 4.03. The molecule has 0 amide bonds. The molecule has 0 aliphatic heterocycles. The molecule has 2 rings (SSSR count). The molecule has 3 nitrogen and oxygen atoms in total. The molecule has 0 aliphatic rings. The van der Waals surface area contributed by atoms with Gasteiger partial charge in [-0.2, -0.15) is 5.10 Å². The molecule has 0 saturated carbocycles. The highest BCUT2D eigenvalue weighted by molar-refractivity contribution is 9.10. The van der Waals surface area contributed by atoms with Crippen LogP contribution in [-0.2, 0) is 6.54 Å². The van der Waals surface area contributed by atoms with Crippen LogP contribution in [0.4, 0.5) is 0 Å². The van der Waals surface area contributed by atoms with Crippen molar-refractivity contribution >= 4 is 15.9 Å². The molecule has 14 heavy (non-hydrogen) atoms. The number of hydrogen-bond acceptors (Lipinski definition) is 2. The van der Waals surface area contributed by atoms with Gasteiger partial charge in [0.2, 0.25) is 0 Å². The van der Waals surface area contributed by atoms with E-state index < -0.39 is 0 Å². The number of aromatic nitrogens is 3. The van der Waals surface area contributed by atoms with Gasteiger partial charge in [-0.1, -0.05) is 28.1 Å². The van der Waals surface area contributed by atoms with Crippen LogP contribution in [-0.4, -0.2) is 14.8 Å². The fourth-order valence-electron chi connectivity index (χ4n) is 1.24. The molecule has 0 radical (unpaired) electrons. The minimum absolute atomic E-state index is 0.763. The molecule has 1 aromatic heterocycles. The Morgan fingerprint density at radius 2 is 2.29 bits per heavy atom. The number of rotatable bonds is 2. The maximum atomic E-state index is 4.05. The van der Waals surface area contributed by atoms with Crippen LogP contribution >= 0.6 is 15.9 Å². The van der Waals surface area contributed by atoms with Crippen LogP contribution in [0.2, 0.25) is 0 Å². The topological polar surface area (TPSA) is 30.7 Å². The highest BCUT2D eigenvalue weighted by Crippen LogP contribution is 2.17. The van der Waals surface area contributed by atoms with E-state index in [0.29, 0.717) is 0 Å². The number of nitrogens with zero attached hydrogens (tertiary/aromatic N) is 3. The van der Waals surface area contributed by atoms with E-state index in [1.165, 1.54) is 11.1 Å². The molecular weight excluding hydrogens is 242 g/mol. The number of hydrogen-bond donors (Lipinski definition) is 0. The lowest BCUT2D eigenvalue weighted by Gasteiger charge is -2.03. The van der Waals surface area contributed by atoms with Crippen LogP contribution < -0.4 is 0 Å². The monoisotopic (exact) mass is 251 g/mol. The van der Waals surface area contributed by atoms with Crippen molar-refractivity contribution in [1.29, 1.82) is 0 Å². The third kappa shape index (κ3) is 2.01. The molecule has 1 heterocycles. The Hall–Kier alpha value is -1.16. The Morgan fingerprint density at radius 3 is 2.93 bits per heavy atom. The summed E-state index contributed by atoms with van der Waals surface area (Å²) < 4.78 is 2.94. The maximum absolute atomic E-state index is 4.05. The van der Waals surface area contributed by atoms with Gasteiger partial charge in [0.1, 0.15) is 12.7 Å². The minimum Gasteiger partial charge on any atom is -0.249 e. The van der Waals surface area contributed by atoms with Gasteiger partial charge in [0.05, 0.1) is 6.54 Å². The average molecular weight is 252 g/mol. The molecule has 0 fully saturated rings. The van der Waals surface area contributed by atoms with Crippen molar-refractivity contribution in [3.05, 3.63) is 46.5 Å². The summed E-state index contributed by atoms with van der Waals surface area (Å²) in [4.78, 5) is 3.90. The second-order valence-electron chi connectivity index (χ2n) is 3.18. The summed E-state index contributed by atoms with van der Waals surface area (Å²) in [5, 5.41) is 4.05. The largest absolute Gasteiger partial charge is 0.249 e. The van der Waals surface area contributed by atoms with Gasteiger partial charge in [-0.3, -0.25) is 0 Å². The number of benzene rings is 1. The SMILES string of the molecule is Cc1ccc(Cn2cncn2)cc1Br. The van der Waals surface area contributed by atoms with Gasteiger partial charge >= 0.3 is 0 Å². The van der Waals surface area contributed by atoms with Crippen molar-refractivity contribution in [3.63, 3.8) is 0 Å². The molecule has 1 aromatic carbocycles. The zero-order valence-corrected chi connectivity index (χ0v) is 9.40. The summed E-state index contributed by atoms with van der Waals surface area (Å²) in [6, 6.07) is 6.30. The van der Waals surface area contributed by atoms with E-state index in [1.54, 1.807) is 17.3 Å². The Bertz CT molecular complexity index is 423. The summed E-state index contributed by atoms with van der Waals surface area (Å²) >= 11 is 3.50. The Kier molecular flexibility index (Phi) is 2.63. The van der Waals surface area contributed by atoms with Crippen molar-refractivity contribution in [3.8, 4) is 0 Å². The zero-order valence-electron chi connectivity index (χ0n) is 7.81. The fraction of sp³-hybridized carbons (Fsp3) is 0.200. The van der Waals surface area contributed by atoms with E-state index in [0.717, 1.165) is 11.0 Å². The highest BCUT2D eigenvalue weighted by atomic mass is 79.9. The Morgan fingerprint density at radius 1 is 1.43 bits per heavy atom. The Balaban J connectivity index is 2.22. The molecule has 0 unspecified atom stereocenters. The third-order valence-corrected chi connectivity index (χ3v) is 2.90. The van der Waals surface area contributed by atoms with Crippen LogP contribution in [0.1, 0.15) is 11.1 Å². The number of halogens is 1. The molecule has 72 valence electrons. The lowest BCUT2D eigenvalue weighted by molar-refractivity contribution is 0.684. The van der Waals surface area contributed by atoms with Crippen LogP contribution in [0.5, 0.6) is 0 Å². The molecule has 4 heteroatoms. The first-order chi connectivity index (χ1) is 6.75. The van der Waals surface area contributed by atoms with Crippen LogP contribution in [0.3, 0.4) is 0 Å². The van der Waals surface area contributed by atoms with E-state index >= 15 is 0 Å². The minimum atomic E-state index is 0.763. The second kappa shape index (κ2) is 3.92. The van der Waals surface area contributed by atoms with Crippen LogP contribution in [0, 0.1) is 6.92 Å². The Labute approximate surface area is 90.9 Å². The van der Waals surface area contributed by atoms with Gasteiger partial charge in [0, 0.05) is 4.47 Å². The quantitative estimate of drug-likeness (QED) is 0.821. The summed E-state index contributed by atoms with van der Waals surface area (Å²) in [6.07, 6.45) is 3.26. The average Bonchev–Trinajstić information content (AvgIpc) is 2.64. The smallest absolute Gasteiger partial charge is 0.137 e. The predicted molar refractivity (Wildman–Crippen MR) is 58.0 cm³/mol. The zero-order chi connectivity index (χ0) is 9.97. The number of aryl methyl sites for hydroxylation is 1. The fourth-order valence-corrected chi connectivity index (χ4v) is 1.66. The molecule has 0 bridgehead atoms. The van der Waals surface area contributed by atoms with Crippen molar-refractivity contribution in [1.82, 2.24) is 14.8 Å². The molecular formula is C10H10BrN3. The molecule has 0 saturated heterocycles. The standard InChI is InChI=1S/C10H10BrN3/c1-8-2-3-9(4-10(8)11)5-14-7-12-6-13-14/h2-4,6-7H,5H2,1H3. The maximum Gasteiger partial charge on any atom is 0.137 e. The first-order valence-corrected chi connectivity index (χ1v) is 5.12. The first kappa shape index (κ1) is 9.40. The van der Waals surface area contributed by atoms with E-state index in [9.17, 15) is 0 Å². The van der Waals surface area contributed by atoms with Crippen LogP contribution in [0.25, 0.3) is 0 Å². The van der Waals surface area contributed by atoms with Crippen molar-refractivity contribution < 1.29 is 0 Å². The van der Waals surface area contributed by atoms with E-state index in [4.69, 9.17) is 0 Å². The summed E-state index contributed by atoms with van der Waals surface area (Å²) in [5.74, 6) is 0.